The number of carbonyl (C=O) groups excluding carboxylic acids is 1. The molecule has 12 heteroatoms. The number of nitrogens with one attached hydrogen (secondary N) is 1. The minimum absolute atomic E-state index is 0.0418. The third-order valence-corrected chi connectivity index (χ3v) is 8.96. The highest BCUT2D eigenvalue weighted by Gasteiger charge is 2.34. The van der Waals surface area contributed by atoms with Gasteiger partial charge in [0, 0.05) is 68.0 Å². The lowest BCUT2D eigenvalue weighted by atomic mass is 9.95. The van der Waals surface area contributed by atoms with Gasteiger partial charge < -0.3 is 29.7 Å². The molecule has 236 valence electrons. The van der Waals surface area contributed by atoms with Crippen LogP contribution in [0.25, 0.3) is 11.4 Å². The van der Waals surface area contributed by atoms with Gasteiger partial charge >= 0.3 is 0 Å². The predicted octanol–water partition coefficient (Wildman–Crippen LogP) is 3.06. The molecule has 2 N–H and O–H groups in total. The normalized spacial score (nSPS) is 23.1. The van der Waals surface area contributed by atoms with E-state index in [1.54, 1.807) is 17.0 Å². The quantitative estimate of drug-likeness (QED) is 0.388. The lowest BCUT2D eigenvalue weighted by molar-refractivity contribution is -0.142. The SMILES string of the molecule is C[C@H](O)C(=O)N1CC[C@H](Oc2ccc(-c3ncnc(Nc4ccc(N5CCN(C6COC6)[C@@H](C)C5)cc4)n3)cc2C#N)[C@H](C)C1. The van der Waals surface area contributed by atoms with Crippen molar-refractivity contribution in [2.24, 2.45) is 5.92 Å². The molecule has 3 aliphatic heterocycles. The van der Waals surface area contributed by atoms with Crippen LogP contribution in [0.5, 0.6) is 5.75 Å². The first-order valence-corrected chi connectivity index (χ1v) is 15.6. The molecule has 12 nitrogen and oxygen atoms in total. The second-order valence-electron chi connectivity index (χ2n) is 12.2. The molecule has 1 amide bonds. The van der Waals surface area contributed by atoms with Crippen LogP contribution in [0, 0.1) is 17.2 Å². The number of benzene rings is 2. The van der Waals surface area contributed by atoms with E-state index in [1.165, 1.54) is 18.9 Å². The largest absolute Gasteiger partial charge is 0.489 e. The Balaban J connectivity index is 1.08. The van der Waals surface area contributed by atoms with Crippen LogP contribution in [-0.2, 0) is 9.53 Å². The fourth-order valence-corrected chi connectivity index (χ4v) is 6.33. The van der Waals surface area contributed by atoms with Crippen LogP contribution < -0.4 is 15.0 Å². The molecule has 0 spiro atoms. The minimum Gasteiger partial charge on any atom is -0.489 e. The number of aliphatic hydroxyl groups excluding tert-OH is 1. The zero-order valence-electron chi connectivity index (χ0n) is 26.0. The van der Waals surface area contributed by atoms with Crippen molar-refractivity contribution >= 4 is 23.2 Å². The van der Waals surface area contributed by atoms with Gasteiger partial charge in [-0.15, -0.1) is 0 Å². The lowest BCUT2D eigenvalue weighted by Crippen LogP contribution is -2.60. The molecular weight excluding hydrogens is 572 g/mol. The van der Waals surface area contributed by atoms with Crippen molar-refractivity contribution in [1.29, 1.82) is 5.26 Å². The molecule has 0 saturated carbocycles. The van der Waals surface area contributed by atoms with E-state index < -0.39 is 6.10 Å². The number of piperazine rings is 1. The molecule has 3 fully saturated rings. The van der Waals surface area contributed by atoms with E-state index in [2.05, 4.69) is 55.2 Å². The number of nitrogens with zero attached hydrogens (tertiary/aromatic N) is 7. The van der Waals surface area contributed by atoms with Crippen LogP contribution in [0.15, 0.2) is 48.8 Å². The van der Waals surface area contributed by atoms with Gasteiger partial charge in [0.25, 0.3) is 5.91 Å². The van der Waals surface area contributed by atoms with Gasteiger partial charge in [-0.3, -0.25) is 9.69 Å². The molecule has 1 aromatic heterocycles. The van der Waals surface area contributed by atoms with Gasteiger partial charge in [-0.1, -0.05) is 6.92 Å². The summed E-state index contributed by atoms with van der Waals surface area (Å²) < 4.78 is 11.6. The maximum absolute atomic E-state index is 12.2. The number of anilines is 3. The van der Waals surface area contributed by atoms with Crippen LogP contribution in [0.3, 0.4) is 0 Å². The Labute approximate surface area is 263 Å². The smallest absolute Gasteiger partial charge is 0.251 e. The Morgan fingerprint density at radius 3 is 2.58 bits per heavy atom. The number of carbonyl (C=O) groups is 1. The van der Waals surface area contributed by atoms with Gasteiger partial charge in [0.05, 0.1) is 24.8 Å². The average molecular weight is 613 g/mol. The molecule has 3 aliphatic rings. The Hall–Kier alpha value is -4.31. The van der Waals surface area contributed by atoms with E-state index in [4.69, 9.17) is 9.47 Å². The lowest BCUT2D eigenvalue weighted by Gasteiger charge is -2.47. The molecule has 0 radical (unpaired) electrons. The summed E-state index contributed by atoms with van der Waals surface area (Å²) in [7, 11) is 0. The molecule has 4 atom stereocenters. The molecule has 3 saturated heterocycles. The Morgan fingerprint density at radius 2 is 1.91 bits per heavy atom. The molecule has 0 aliphatic carbocycles. The zero-order valence-corrected chi connectivity index (χ0v) is 26.0. The van der Waals surface area contributed by atoms with Crippen molar-refractivity contribution in [3.8, 4) is 23.2 Å². The van der Waals surface area contributed by atoms with Crippen LogP contribution in [-0.4, -0.2) is 106 Å². The molecule has 0 bridgehead atoms. The number of rotatable bonds is 8. The van der Waals surface area contributed by atoms with Crippen LogP contribution in [0.2, 0.25) is 0 Å². The van der Waals surface area contributed by atoms with Crippen LogP contribution in [0.4, 0.5) is 17.3 Å². The van der Waals surface area contributed by atoms with Crippen LogP contribution in [0.1, 0.15) is 32.8 Å². The minimum atomic E-state index is -1.02. The van der Waals surface area contributed by atoms with E-state index in [-0.39, 0.29) is 17.9 Å². The van der Waals surface area contributed by atoms with Gasteiger partial charge in [0.15, 0.2) is 5.82 Å². The second kappa shape index (κ2) is 13.4. The number of ether oxygens (including phenoxy) is 2. The second-order valence-corrected chi connectivity index (χ2v) is 12.2. The van der Waals surface area contributed by atoms with Crippen molar-refractivity contribution < 1.29 is 19.4 Å². The van der Waals surface area contributed by atoms with Gasteiger partial charge in [-0.25, -0.2) is 9.97 Å². The third-order valence-electron chi connectivity index (χ3n) is 8.96. The van der Waals surface area contributed by atoms with E-state index in [0.29, 0.717) is 60.2 Å². The van der Waals surface area contributed by atoms with Crippen molar-refractivity contribution in [2.45, 2.75) is 51.5 Å². The van der Waals surface area contributed by atoms with E-state index in [1.807, 2.05) is 25.1 Å². The molecule has 2 aromatic carbocycles. The third kappa shape index (κ3) is 6.86. The van der Waals surface area contributed by atoms with Gasteiger partial charge in [-0.05, 0) is 56.3 Å². The zero-order chi connectivity index (χ0) is 31.5. The Morgan fingerprint density at radius 1 is 1.11 bits per heavy atom. The van der Waals surface area contributed by atoms with Gasteiger partial charge in [0.2, 0.25) is 5.95 Å². The molecule has 3 aromatic rings. The number of hydrogen-bond donors (Lipinski definition) is 2. The fourth-order valence-electron chi connectivity index (χ4n) is 6.33. The number of hydrogen-bond acceptors (Lipinski definition) is 11. The van der Waals surface area contributed by atoms with E-state index in [0.717, 1.165) is 38.5 Å². The number of piperidine rings is 1. The molecule has 45 heavy (non-hydrogen) atoms. The predicted molar refractivity (Wildman–Crippen MR) is 169 cm³/mol. The number of aliphatic hydroxyl groups is 1. The Bertz CT molecular complexity index is 1540. The highest BCUT2D eigenvalue weighted by Crippen LogP contribution is 2.30. The van der Waals surface area contributed by atoms with Crippen molar-refractivity contribution in [1.82, 2.24) is 24.8 Å². The highest BCUT2D eigenvalue weighted by molar-refractivity contribution is 5.80. The standard InChI is InChI=1S/C33H40N8O4/c1-21-16-40(32(43)23(3)42)11-10-29(21)45-30-9-4-24(14-25(30)15-34)31-35-20-36-33(38-31)37-26-5-7-27(8-6-26)39-12-13-41(22(2)17-39)28-18-44-19-28/h4-9,14,20-23,28-29,42H,10-13,16-19H2,1-3H3,(H,35,36,37,38)/t21-,22+,23+,29+/m1/s1. The Kier molecular flexibility index (Phi) is 9.11. The summed E-state index contributed by atoms with van der Waals surface area (Å²) >= 11 is 0. The summed E-state index contributed by atoms with van der Waals surface area (Å²) in [5.74, 6) is 1.09. The van der Waals surface area contributed by atoms with Gasteiger partial charge in [0.1, 0.15) is 30.4 Å². The summed E-state index contributed by atoms with van der Waals surface area (Å²) in [5, 5.41) is 22.8. The fraction of sp³-hybridized carbons (Fsp3) is 0.485. The molecule has 0 unspecified atom stereocenters. The first kappa shape index (κ1) is 30.7. The average Bonchev–Trinajstić information content (AvgIpc) is 3.02. The summed E-state index contributed by atoms with van der Waals surface area (Å²) in [6.07, 6.45) is 0.887. The number of aromatic nitrogens is 3. The van der Waals surface area contributed by atoms with Crippen molar-refractivity contribution in [3.63, 3.8) is 0 Å². The summed E-state index contributed by atoms with van der Waals surface area (Å²) in [6, 6.07) is 16.9. The molecular formula is C33H40N8O4. The maximum atomic E-state index is 12.2. The molecule has 6 rings (SSSR count). The summed E-state index contributed by atoms with van der Waals surface area (Å²) in [5.41, 5.74) is 3.11. The van der Waals surface area contributed by atoms with Crippen molar-refractivity contribution in [2.75, 3.05) is 56.2 Å². The van der Waals surface area contributed by atoms with Crippen LogP contribution >= 0.6 is 0 Å². The van der Waals surface area contributed by atoms with Gasteiger partial charge in [-0.2, -0.15) is 10.2 Å². The van der Waals surface area contributed by atoms with Crippen molar-refractivity contribution in [3.05, 3.63) is 54.4 Å². The number of likely N-dealkylation sites (tertiary alicyclic amines) is 1. The highest BCUT2D eigenvalue weighted by atomic mass is 16.5. The van der Waals surface area contributed by atoms with E-state index in [9.17, 15) is 15.2 Å². The topological polar surface area (TPSA) is 140 Å². The number of nitriles is 1. The first-order chi connectivity index (χ1) is 21.8. The summed E-state index contributed by atoms with van der Waals surface area (Å²) in [4.78, 5) is 32.1. The first-order valence-electron chi connectivity index (χ1n) is 15.6. The van der Waals surface area contributed by atoms with E-state index >= 15 is 0 Å². The monoisotopic (exact) mass is 612 g/mol. The maximum Gasteiger partial charge on any atom is 0.251 e. The molecule has 4 heterocycles. The number of amides is 1. The summed E-state index contributed by atoms with van der Waals surface area (Å²) in [6.45, 7) is 11.5.